The summed E-state index contributed by atoms with van der Waals surface area (Å²) in [7, 11) is 3.42. The number of hydrogen-bond acceptors (Lipinski definition) is 5. The van der Waals surface area contributed by atoms with E-state index in [-0.39, 0.29) is 23.4 Å². The van der Waals surface area contributed by atoms with Gasteiger partial charge in [0.25, 0.3) is 5.91 Å². The zero-order valence-electron chi connectivity index (χ0n) is 18.3. The Bertz CT molecular complexity index is 838. The number of ether oxygens (including phenoxy) is 1. The summed E-state index contributed by atoms with van der Waals surface area (Å²) >= 11 is 0. The minimum atomic E-state index is -0.742. The van der Waals surface area contributed by atoms with Crippen LogP contribution in [0, 0.1) is 17.2 Å². The summed E-state index contributed by atoms with van der Waals surface area (Å²) in [4.78, 5) is 39.7. The van der Waals surface area contributed by atoms with Gasteiger partial charge in [-0.15, -0.1) is 0 Å². The molecule has 0 aliphatic heterocycles. The molecule has 1 aromatic carbocycles. The first-order valence-corrected chi connectivity index (χ1v) is 10.1. The lowest BCUT2D eigenvalue weighted by Crippen LogP contribution is -2.55. The lowest BCUT2D eigenvalue weighted by Gasteiger charge is -2.38. The number of hydrazine groups is 1. The Morgan fingerprint density at radius 2 is 1.90 bits per heavy atom. The number of rotatable bonds is 3. The van der Waals surface area contributed by atoms with Crippen LogP contribution in [0.25, 0.3) is 0 Å². The average molecular weight is 415 g/mol. The molecule has 1 N–H and O–H groups in total. The van der Waals surface area contributed by atoms with Crippen molar-refractivity contribution >= 4 is 17.9 Å². The van der Waals surface area contributed by atoms with Gasteiger partial charge in [0.1, 0.15) is 5.60 Å². The summed E-state index contributed by atoms with van der Waals surface area (Å²) in [6, 6.07) is 7.86. The normalized spacial score (nSPS) is 18.7. The van der Waals surface area contributed by atoms with Crippen LogP contribution < -0.4 is 5.43 Å². The van der Waals surface area contributed by atoms with Crippen LogP contribution in [-0.2, 0) is 9.53 Å². The highest BCUT2D eigenvalue weighted by atomic mass is 16.6. The van der Waals surface area contributed by atoms with Gasteiger partial charge in [-0.25, -0.2) is 9.80 Å². The predicted octanol–water partition coefficient (Wildman–Crippen LogP) is 3.09. The molecule has 0 radical (unpaired) electrons. The highest BCUT2D eigenvalue weighted by molar-refractivity contribution is 5.95. The first-order valence-electron chi connectivity index (χ1n) is 10.1. The molecule has 0 heterocycles. The van der Waals surface area contributed by atoms with E-state index in [0.29, 0.717) is 18.4 Å². The number of benzene rings is 1. The number of carbonyl (C=O) groups excluding carboxylic acids is 3. The van der Waals surface area contributed by atoms with Crippen molar-refractivity contribution in [2.75, 3.05) is 14.1 Å². The molecule has 2 atom stereocenters. The van der Waals surface area contributed by atoms with Crippen molar-refractivity contribution in [2.45, 2.75) is 58.1 Å². The molecule has 0 bridgehead atoms. The molecule has 162 valence electrons. The highest BCUT2D eigenvalue weighted by Crippen LogP contribution is 2.29. The van der Waals surface area contributed by atoms with Gasteiger partial charge in [-0.05, 0) is 58.2 Å². The second-order valence-corrected chi connectivity index (χ2v) is 8.73. The molecule has 2 rings (SSSR count). The van der Waals surface area contributed by atoms with E-state index in [4.69, 9.17) is 10.00 Å². The van der Waals surface area contributed by atoms with Crippen molar-refractivity contribution in [2.24, 2.45) is 5.92 Å². The third kappa shape index (κ3) is 6.21. The molecule has 1 saturated carbocycles. The van der Waals surface area contributed by atoms with Crippen molar-refractivity contribution in [3.05, 3.63) is 35.4 Å². The van der Waals surface area contributed by atoms with E-state index >= 15 is 0 Å². The molecule has 1 aliphatic rings. The maximum Gasteiger partial charge on any atom is 0.429 e. The van der Waals surface area contributed by atoms with Gasteiger partial charge in [-0.3, -0.25) is 15.0 Å². The molecule has 0 saturated heterocycles. The van der Waals surface area contributed by atoms with Crippen LogP contribution >= 0.6 is 0 Å². The largest absolute Gasteiger partial charge is 0.442 e. The van der Waals surface area contributed by atoms with Crippen molar-refractivity contribution in [1.82, 2.24) is 15.3 Å². The quantitative estimate of drug-likeness (QED) is 0.766. The van der Waals surface area contributed by atoms with Crippen LogP contribution in [0.2, 0.25) is 0 Å². The Hall–Kier alpha value is -3.08. The lowest BCUT2D eigenvalue weighted by atomic mass is 9.84. The Labute approximate surface area is 177 Å². The molecule has 30 heavy (non-hydrogen) atoms. The molecule has 8 heteroatoms. The molecule has 0 spiro atoms. The molecule has 1 aliphatic carbocycles. The van der Waals surface area contributed by atoms with Gasteiger partial charge in [-0.1, -0.05) is 12.5 Å². The summed E-state index contributed by atoms with van der Waals surface area (Å²) in [6.45, 7) is 5.25. The number of amides is 3. The fraction of sp³-hybridized carbons (Fsp3) is 0.545. The van der Waals surface area contributed by atoms with Gasteiger partial charge < -0.3 is 9.64 Å². The van der Waals surface area contributed by atoms with E-state index < -0.39 is 17.6 Å². The number of nitrogens with zero attached hydrogens (tertiary/aromatic N) is 3. The monoisotopic (exact) mass is 414 g/mol. The van der Waals surface area contributed by atoms with Crippen LogP contribution in [0.3, 0.4) is 0 Å². The first kappa shape index (κ1) is 23.2. The Morgan fingerprint density at radius 3 is 2.50 bits per heavy atom. The summed E-state index contributed by atoms with van der Waals surface area (Å²) in [5.41, 5.74) is 2.52. The zero-order valence-corrected chi connectivity index (χ0v) is 18.3. The van der Waals surface area contributed by atoms with Crippen molar-refractivity contribution < 1.29 is 19.1 Å². The topological polar surface area (TPSA) is 103 Å². The van der Waals surface area contributed by atoms with Crippen LogP contribution in [0.4, 0.5) is 4.79 Å². The summed E-state index contributed by atoms with van der Waals surface area (Å²) < 4.78 is 5.50. The van der Waals surface area contributed by atoms with E-state index in [1.807, 2.05) is 6.07 Å². The molecule has 0 aromatic heterocycles. The zero-order chi connectivity index (χ0) is 22.5. The average Bonchev–Trinajstić information content (AvgIpc) is 2.69. The van der Waals surface area contributed by atoms with Gasteiger partial charge in [0, 0.05) is 25.6 Å². The molecular formula is C22H30N4O4. The molecule has 1 aromatic rings. The van der Waals surface area contributed by atoms with E-state index in [0.717, 1.165) is 12.8 Å². The molecule has 8 nitrogen and oxygen atoms in total. The van der Waals surface area contributed by atoms with Crippen molar-refractivity contribution in [1.29, 1.82) is 5.26 Å². The van der Waals surface area contributed by atoms with Gasteiger partial charge in [0.15, 0.2) is 0 Å². The van der Waals surface area contributed by atoms with Crippen molar-refractivity contribution in [3.63, 3.8) is 0 Å². The van der Waals surface area contributed by atoms with Crippen LogP contribution in [0.15, 0.2) is 24.3 Å². The molecule has 1 unspecified atom stereocenters. The van der Waals surface area contributed by atoms with Crippen LogP contribution in [-0.4, -0.2) is 53.6 Å². The minimum Gasteiger partial charge on any atom is -0.442 e. The van der Waals surface area contributed by atoms with E-state index in [9.17, 15) is 14.4 Å². The fourth-order valence-corrected chi connectivity index (χ4v) is 3.49. The SMILES string of the molecule is CN(C)C(=O)[C@H]1CCCC(N(NC(=O)c2cccc(C#N)c2)C(=O)OC(C)(C)C)C1. The summed E-state index contributed by atoms with van der Waals surface area (Å²) in [5.74, 6) is -0.724. The van der Waals surface area contributed by atoms with Gasteiger partial charge >= 0.3 is 6.09 Å². The smallest absolute Gasteiger partial charge is 0.429 e. The van der Waals surface area contributed by atoms with Gasteiger partial charge in [0.2, 0.25) is 5.91 Å². The number of nitrogens with one attached hydrogen (secondary N) is 1. The summed E-state index contributed by atoms with van der Waals surface area (Å²) in [5, 5.41) is 10.3. The highest BCUT2D eigenvalue weighted by Gasteiger charge is 2.36. The number of carbonyl (C=O) groups is 3. The lowest BCUT2D eigenvalue weighted by molar-refractivity contribution is -0.134. The maximum absolute atomic E-state index is 12.9. The molecule has 3 amide bonds. The van der Waals surface area contributed by atoms with Crippen molar-refractivity contribution in [3.8, 4) is 6.07 Å². The van der Waals surface area contributed by atoms with E-state index in [1.165, 1.54) is 11.1 Å². The third-order valence-electron chi connectivity index (χ3n) is 4.87. The Kier molecular flexibility index (Phi) is 7.43. The van der Waals surface area contributed by atoms with E-state index in [1.54, 1.807) is 58.0 Å². The number of nitriles is 1. The molecule has 1 fully saturated rings. The summed E-state index contributed by atoms with van der Waals surface area (Å²) in [6.07, 6.45) is 1.92. The maximum atomic E-state index is 12.9. The molecular weight excluding hydrogens is 384 g/mol. The fourth-order valence-electron chi connectivity index (χ4n) is 3.49. The minimum absolute atomic E-state index is 0.0110. The Morgan fingerprint density at radius 1 is 1.20 bits per heavy atom. The Balaban J connectivity index is 2.26. The second kappa shape index (κ2) is 9.61. The van der Waals surface area contributed by atoms with Crippen LogP contribution in [0.1, 0.15) is 62.4 Å². The number of hydrogen-bond donors (Lipinski definition) is 1. The third-order valence-corrected chi connectivity index (χ3v) is 4.87. The first-order chi connectivity index (χ1) is 14.0. The van der Waals surface area contributed by atoms with Crippen LogP contribution in [0.5, 0.6) is 0 Å². The second-order valence-electron chi connectivity index (χ2n) is 8.73. The van der Waals surface area contributed by atoms with Gasteiger partial charge in [0.05, 0.1) is 17.7 Å². The van der Waals surface area contributed by atoms with Gasteiger partial charge in [-0.2, -0.15) is 5.26 Å². The van der Waals surface area contributed by atoms with E-state index in [2.05, 4.69) is 5.43 Å². The predicted molar refractivity (Wildman–Crippen MR) is 111 cm³/mol. The standard InChI is InChI=1S/C22H30N4O4/c1-22(2,3)30-21(29)26(18-11-7-10-17(13-18)20(28)25(4)5)24-19(27)16-9-6-8-15(12-16)14-23/h6,8-9,12,17-18H,7,10-11,13H2,1-5H3,(H,24,27)/t17-,18?/m0/s1.